The van der Waals surface area contributed by atoms with Gasteiger partial charge >= 0.3 is 6.03 Å². The van der Waals surface area contributed by atoms with Gasteiger partial charge in [0.25, 0.3) is 0 Å². The highest BCUT2D eigenvalue weighted by atomic mass is 35.5. The molecule has 2 aromatic heterocycles. The summed E-state index contributed by atoms with van der Waals surface area (Å²) in [6.45, 7) is 1.87. The molecule has 2 amide bonds. The van der Waals surface area contributed by atoms with Crippen LogP contribution in [0.2, 0.25) is 5.02 Å². The Kier molecular flexibility index (Phi) is 6.56. The van der Waals surface area contributed by atoms with E-state index >= 15 is 0 Å². The predicted octanol–water partition coefficient (Wildman–Crippen LogP) is 7.46. The minimum absolute atomic E-state index is 0.178. The molecule has 9 heteroatoms. The van der Waals surface area contributed by atoms with Crippen molar-refractivity contribution in [2.24, 2.45) is 0 Å². The number of amides is 2. The van der Waals surface area contributed by atoms with Crippen LogP contribution in [0.3, 0.4) is 0 Å². The van der Waals surface area contributed by atoms with E-state index in [1.807, 2.05) is 67.7 Å². The van der Waals surface area contributed by atoms with Gasteiger partial charge in [0.15, 0.2) is 0 Å². The summed E-state index contributed by atoms with van der Waals surface area (Å²) < 4.78 is 0. The highest BCUT2D eigenvalue weighted by Crippen LogP contribution is 2.34. The van der Waals surface area contributed by atoms with Crippen molar-refractivity contribution in [2.75, 3.05) is 16.0 Å². The van der Waals surface area contributed by atoms with E-state index in [1.54, 1.807) is 18.2 Å². The number of hydrogen-bond acceptors (Lipinski definition) is 5. The van der Waals surface area contributed by atoms with Crippen molar-refractivity contribution in [3.05, 3.63) is 95.6 Å². The highest BCUT2D eigenvalue weighted by Gasteiger charge is 2.13. The van der Waals surface area contributed by atoms with E-state index in [0.717, 1.165) is 27.0 Å². The second-order valence-corrected chi connectivity index (χ2v) is 9.24. The largest absolute Gasteiger partial charge is 0.360 e. The van der Waals surface area contributed by atoms with Crippen molar-refractivity contribution >= 4 is 63.4 Å². The van der Waals surface area contributed by atoms with Crippen molar-refractivity contribution in [3.63, 3.8) is 0 Å². The Balaban J connectivity index is 1.42. The minimum atomic E-state index is -0.449. The summed E-state index contributed by atoms with van der Waals surface area (Å²) in [5.41, 5.74) is 3.42. The van der Waals surface area contributed by atoms with Gasteiger partial charge in [0.1, 0.15) is 10.8 Å². The van der Waals surface area contributed by atoms with Gasteiger partial charge in [-0.05, 0) is 48.9 Å². The molecule has 0 spiro atoms. The standard InChI is InChI=1S/C26H21ClN6OS/c1-16-13-17(27)11-12-20(16)30-26(34)33-25-31-23(29-18-7-3-2-4-8-18)14-24(32-25)35-22-15-28-21-10-6-5-9-19(21)22/h2-15,28H,1H3,(H3,29,30,31,32,33,34). The maximum Gasteiger partial charge on any atom is 0.326 e. The van der Waals surface area contributed by atoms with Crippen LogP contribution in [0.4, 0.5) is 27.9 Å². The van der Waals surface area contributed by atoms with Crippen molar-refractivity contribution in [1.29, 1.82) is 0 Å². The smallest absolute Gasteiger partial charge is 0.326 e. The summed E-state index contributed by atoms with van der Waals surface area (Å²) in [5, 5.41) is 11.2. The fourth-order valence-electron chi connectivity index (χ4n) is 3.53. The molecular weight excluding hydrogens is 480 g/mol. The Bertz CT molecular complexity index is 1500. The van der Waals surface area contributed by atoms with Crippen LogP contribution < -0.4 is 16.0 Å². The van der Waals surface area contributed by atoms with Gasteiger partial charge in [0.2, 0.25) is 5.95 Å². The number of anilines is 4. The van der Waals surface area contributed by atoms with Crippen LogP contribution in [-0.4, -0.2) is 21.0 Å². The molecule has 0 bridgehead atoms. The molecule has 0 saturated heterocycles. The summed E-state index contributed by atoms with van der Waals surface area (Å²) in [6.07, 6.45) is 1.95. The number of urea groups is 1. The fraction of sp³-hybridized carbons (Fsp3) is 0.0385. The van der Waals surface area contributed by atoms with Crippen molar-refractivity contribution in [1.82, 2.24) is 15.0 Å². The highest BCUT2D eigenvalue weighted by molar-refractivity contribution is 7.99. The maximum atomic E-state index is 12.7. The van der Waals surface area contributed by atoms with Crippen LogP contribution in [0.25, 0.3) is 10.9 Å². The molecule has 0 aliphatic carbocycles. The number of nitrogens with one attached hydrogen (secondary N) is 4. The Morgan fingerprint density at radius 2 is 1.74 bits per heavy atom. The maximum absolute atomic E-state index is 12.7. The minimum Gasteiger partial charge on any atom is -0.360 e. The van der Waals surface area contributed by atoms with E-state index in [1.165, 1.54) is 11.8 Å². The average Bonchev–Trinajstić information content (AvgIpc) is 3.24. The van der Waals surface area contributed by atoms with E-state index in [9.17, 15) is 4.79 Å². The molecule has 0 fully saturated rings. The Morgan fingerprint density at radius 1 is 0.943 bits per heavy atom. The lowest BCUT2D eigenvalue weighted by atomic mass is 10.2. The zero-order chi connectivity index (χ0) is 24.2. The monoisotopic (exact) mass is 500 g/mol. The first kappa shape index (κ1) is 22.8. The molecule has 0 aliphatic heterocycles. The number of hydrogen-bond donors (Lipinski definition) is 4. The van der Waals surface area contributed by atoms with Crippen LogP contribution in [0.5, 0.6) is 0 Å². The normalized spacial score (nSPS) is 10.8. The molecule has 7 nitrogen and oxygen atoms in total. The van der Waals surface area contributed by atoms with Crippen molar-refractivity contribution in [2.45, 2.75) is 16.8 Å². The van der Waals surface area contributed by atoms with Gasteiger partial charge in [-0.3, -0.25) is 5.32 Å². The third-order valence-electron chi connectivity index (χ3n) is 5.18. The van der Waals surface area contributed by atoms with Crippen molar-refractivity contribution in [3.8, 4) is 0 Å². The fourth-order valence-corrected chi connectivity index (χ4v) is 4.69. The lowest BCUT2D eigenvalue weighted by Gasteiger charge is -2.12. The summed E-state index contributed by atoms with van der Waals surface area (Å²) >= 11 is 7.51. The third-order valence-corrected chi connectivity index (χ3v) is 6.39. The number of H-pyrrole nitrogens is 1. The van der Waals surface area contributed by atoms with Gasteiger partial charge in [0, 0.05) is 44.5 Å². The van der Waals surface area contributed by atoms with Gasteiger partial charge < -0.3 is 15.6 Å². The van der Waals surface area contributed by atoms with Crippen LogP contribution in [0, 0.1) is 6.92 Å². The molecule has 0 radical (unpaired) electrons. The predicted molar refractivity (Wildman–Crippen MR) is 143 cm³/mol. The lowest BCUT2D eigenvalue weighted by molar-refractivity contribution is 0.262. The number of benzene rings is 3. The first-order chi connectivity index (χ1) is 17.0. The second-order valence-electron chi connectivity index (χ2n) is 7.74. The number of rotatable bonds is 6. The molecule has 0 unspecified atom stereocenters. The number of aryl methyl sites for hydroxylation is 1. The average molecular weight is 501 g/mol. The molecular formula is C26H21ClN6OS. The van der Waals surface area contributed by atoms with Crippen LogP contribution >= 0.6 is 23.4 Å². The van der Waals surface area contributed by atoms with E-state index in [2.05, 4.69) is 37.0 Å². The zero-order valence-electron chi connectivity index (χ0n) is 18.7. The lowest BCUT2D eigenvalue weighted by Crippen LogP contribution is -2.21. The summed E-state index contributed by atoms with van der Waals surface area (Å²) in [5.74, 6) is 0.740. The molecule has 5 rings (SSSR count). The van der Waals surface area contributed by atoms with Crippen LogP contribution in [-0.2, 0) is 0 Å². The van der Waals surface area contributed by atoms with Gasteiger partial charge in [-0.25, -0.2) is 9.78 Å². The molecule has 174 valence electrons. The van der Waals surface area contributed by atoms with E-state index in [-0.39, 0.29) is 5.95 Å². The van der Waals surface area contributed by atoms with Gasteiger partial charge in [-0.1, -0.05) is 59.8 Å². The number of fused-ring (bicyclic) bond motifs is 1. The van der Waals surface area contributed by atoms with Crippen LogP contribution in [0.15, 0.2) is 95.0 Å². The molecule has 2 heterocycles. The molecule has 5 aromatic rings. The quantitative estimate of drug-likeness (QED) is 0.181. The number of halogens is 1. The van der Waals surface area contributed by atoms with Crippen molar-refractivity contribution < 1.29 is 4.79 Å². The van der Waals surface area contributed by atoms with E-state index < -0.39 is 6.03 Å². The first-order valence-corrected chi connectivity index (χ1v) is 12.0. The number of aromatic amines is 1. The molecule has 0 aliphatic rings. The SMILES string of the molecule is Cc1cc(Cl)ccc1NC(=O)Nc1nc(Nc2ccccc2)cc(Sc2c[nH]c3ccccc23)n1. The molecule has 4 N–H and O–H groups in total. The molecule has 0 saturated carbocycles. The Morgan fingerprint density at radius 3 is 2.57 bits per heavy atom. The topological polar surface area (TPSA) is 94.7 Å². The van der Waals surface area contributed by atoms with Gasteiger partial charge in [-0.2, -0.15) is 4.98 Å². The number of carbonyl (C=O) groups excluding carboxylic acids is 1. The zero-order valence-corrected chi connectivity index (χ0v) is 20.2. The van der Waals surface area contributed by atoms with E-state index in [0.29, 0.717) is 21.6 Å². The summed E-state index contributed by atoms with van der Waals surface area (Å²) in [4.78, 5) is 26.1. The second kappa shape index (κ2) is 10.1. The number of nitrogens with zero attached hydrogens (tertiary/aromatic N) is 2. The van der Waals surface area contributed by atoms with Gasteiger partial charge in [0.05, 0.1) is 0 Å². The molecule has 3 aromatic carbocycles. The third kappa shape index (κ3) is 5.56. The Hall–Kier alpha value is -4.01. The Labute approximate surface area is 211 Å². The molecule has 35 heavy (non-hydrogen) atoms. The summed E-state index contributed by atoms with van der Waals surface area (Å²) in [6, 6.07) is 24.4. The molecule has 0 atom stereocenters. The first-order valence-electron chi connectivity index (χ1n) is 10.8. The summed E-state index contributed by atoms with van der Waals surface area (Å²) in [7, 11) is 0. The number of para-hydroxylation sites is 2. The van der Waals surface area contributed by atoms with Gasteiger partial charge in [-0.15, -0.1) is 0 Å². The van der Waals surface area contributed by atoms with E-state index in [4.69, 9.17) is 11.6 Å². The number of carbonyl (C=O) groups is 1. The van der Waals surface area contributed by atoms with Crippen LogP contribution in [0.1, 0.15) is 5.56 Å². The number of aromatic nitrogens is 3.